The molecule has 1 N–H and O–H groups in total. The molecule has 5 heteroatoms. The summed E-state index contributed by atoms with van der Waals surface area (Å²) in [6, 6.07) is 5.83. The summed E-state index contributed by atoms with van der Waals surface area (Å²) in [4.78, 5) is 22.8. The normalized spacial score (nSPS) is 14.7. The molecule has 1 amide bonds. The summed E-state index contributed by atoms with van der Waals surface area (Å²) in [5.74, 6) is -1.46. The van der Waals surface area contributed by atoms with E-state index in [0.717, 1.165) is 19.3 Å². The highest BCUT2D eigenvalue weighted by Crippen LogP contribution is 2.27. The Kier molecular flexibility index (Phi) is 3.92. The van der Waals surface area contributed by atoms with Crippen molar-refractivity contribution in [2.75, 3.05) is 11.9 Å². The van der Waals surface area contributed by atoms with Gasteiger partial charge in [0.25, 0.3) is 5.91 Å². The lowest BCUT2D eigenvalue weighted by molar-refractivity contribution is -0.154. The van der Waals surface area contributed by atoms with Gasteiger partial charge in [-0.2, -0.15) is 0 Å². The molecule has 1 aromatic rings. The number of rotatable bonds is 4. The van der Waals surface area contributed by atoms with Crippen molar-refractivity contribution in [1.29, 1.82) is 0 Å². The van der Waals surface area contributed by atoms with Crippen LogP contribution in [-0.2, 0) is 14.3 Å². The SMILES string of the molecule is O=C(COC(=O)C1CCC1)Nc1ccccc1F. The zero-order valence-electron chi connectivity index (χ0n) is 9.82. The molecule has 0 radical (unpaired) electrons. The lowest BCUT2D eigenvalue weighted by atomic mass is 9.86. The van der Waals surface area contributed by atoms with Crippen molar-refractivity contribution < 1.29 is 18.7 Å². The van der Waals surface area contributed by atoms with Crippen molar-refractivity contribution in [2.45, 2.75) is 19.3 Å². The van der Waals surface area contributed by atoms with Crippen molar-refractivity contribution in [3.8, 4) is 0 Å². The van der Waals surface area contributed by atoms with Crippen LogP contribution in [0.1, 0.15) is 19.3 Å². The predicted octanol–water partition coefficient (Wildman–Crippen LogP) is 2.11. The minimum Gasteiger partial charge on any atom is -0.455 e. The summed E-state index contributed by atoms with van der Waals surface area (Å²) in [5, 5.41) is 2.35. The Bertz CT molecular complexity index is 457. The largest absolute Gasteiger partial charge is 0.455 e. The molecule has 2 rings (SSSR count). The first-order valence-electron chi connectivity index (χ1n) is 5.88. The van der Waals surface area contributed by atoms with Crippen LogP contribution in [0.4, 0.5) is 10.1 Å². The van der Waals surface area contributed by atoms with Crippen LogP contribution in [0, 0.1) is 11.7 Å². The van der Waals surface area contributed by atoms with Crippen LogP contribution < -0.4 is 5.32 Å². The molecule has 4 nitrogen and oxygen atoms in total. The molecule has 1 saturated carbocycles. The lowest BCUT2D eigenvalue weighted by Gasteiger charge is -2.22. The molecule has 0 aromatic heterocycles. The highest BCUT2D eigenvalue weighted by atomic mass is 19.1. The molecule has 96 valence electrons. The Morgan fingerprint density at radius 1 is 1.33 bits per heavy atom. The molecule has 0 aliphatic heterocycles. The topological polar surface area (TPSA) is 55.4 Å². The molecule has 0 unspecified atom stereocenters. The van der Waals surface area contributed by atoms with Gasteiger partial charge in [0.1, 0.15) is 5.82 Å². The molecule has 1 aliphatic carbocycles. The van der Waals surface area contributed by atoms with E-state index in [0.29, 0.717) is 0 Å². The Morgan fingerprint density at radius 2 is 2.06 bits per heavy atom. The first kappa shape index (κ1) is 12.5. The average Bonchev–Trinajstić information content (AvgIpc) is 2.27. The third kappa shape index (κ3) is 3.06. The molecule has 0 saturated heterocycles. The Balaban J connectivity index is 1.78. The maximum atomic E-state index is 13.2. The van der Waals surface area contributed by atoms with Crippen LogP contribution in [0.15, 0.2) is 24.3 Å². The highest BCUT2D eigenvalue weighted by molar-refractivity contribution is 5.93. The standard InChI is InChI=1S/C13H14FNO3/c14-10-6-1-2-7-11(10)15-12(16)8-18-13(17)9-4-3-5-9/h1-2,6-7,9H,3-5,8H2,(H,15,16). The number of esters is 1. The smallest absolute Gasteiger partial charge is 0.309 e. The number of carbonyl (C=O) groups excluding carboxylic acids is 2. The van der Waals surface area contributed by atoms with Crippen LogP contribution in [-0.4, -0.2) is 18.5 Å². The maximum Gasteiger partial charge on any atom is 0.309 e. The fraction of sp³-hybridized carbons (Fsp3) is 0.385. The van der Waals surface area contributed by atoms with Gasteiger partial charge in [-0.15, -0.1) is 0 Å². The van der Waals surface area contributed by atoms with Gasteiger partial charge in [0.2, 0.25) is 0 Å². The third-order valence-corrected chi connectivity index (χ3v) is 2.93. The van der Waals surface area contributed by atoms with E-state index in [1.165, 1.54) is 18.2 Å². The summed E-state index contributed by atoms with van der Waals surface area (Å²) < 4.78 is 18.1. The first-order valence-corrected chi connectivity index (χ1v) is 5.88. The number of para-hydroxylation sites is 1. The van der Waals surface area contributed by atoms with Crippen LogP contribution in [0.3, 0.4) is 0 Å². The van der Waals surface area contributed by atoms with E-state index >= 15 is 0 Å². The fourth-order valence-electron chi connectivity index (χ4n) is 1.65. The summed E-state index contributed by atoms with van der Waals surface area (Å²) >= 11 is 0. The van der Waals surface area contributed by atoms with Gasteiger partial charge in [0, 0.05) is 0 Å². The number of nitrogens with one attached hydrogen (secondary N) is 1. The van der Waals surface area contributed by atoms with E-state index in [2.05, 4.69) is 5.32 Å². The summed E-state index contributed by atoms with van der Waals surface area (Å²) in [7, 11) is 0. The van der Waals surface area contributed by atoms with Crippen molar-refractivity contribution in [2.24, 2.45) is 5.92 Å². The lowest BCUT2D eigenvalue weighted by Crippen LogP contribution is -2.28. The molecule has 1 aliphatic rings. The van der Waals surface area contributed by atoms with Crippen molar-refractivity contribution in [3.63, 3.8) is 0 Å². The Morgan fingerprint density at radius 3 is 2.67 bits per heavy atom. The number of amides is 1. The number of benzene rings is 1. The van der Waals surface area contributed by atoms with E-state index in [1.54, 1.807) is 6.07 Å². The molecule has 18 heavy (non-hydrogen) atoms. The van der Waals surface area contributed by atoms with Crippen LogP contribution >= 0.6 is 0 Å². The van der Waals surface area contributed by atoms with Gasteiger partial charge in [0.05, 0.1) is 11.6 Å². The zero-order valence-corrected chi connectivity index (χ0v) is 9.82. The van der Waals surface area contributed by atoms with Crippen LogP contribution in [0.25, 0.3) is 0 Å². The van der Waals surface area contributed by atoms with E-state index < -0.39 is 11.7 Å². The minimum absolute atomic E-state index is 0.0636. The van der Waals surface area contributed by atoms with Crippen molar-refractivity contribution in [1.82, 2.24) is 0 Å². The zero-order chi connectivity index (χ0) is 13.0. The first-order chi connectivity index (χ1) is 8.66. The van der Waals surface area contributed by atoms with E-state index in [1.807, 2.05) is 0 Å². The molecule has 0 atom stereocenters. The minimum atomic E-state index is -0.534. The number of halogens is 1. The summed E-state index contributed by atoms with van der Waals surface area (Å²) in [5.41, 5.74) is 0.0854. The number of carbonyl (C=O) groups is 2. The average molecular weight is 251 g/mol. The Hall–Kier alpha value is -1.91. The monoisotopic (exact) mass is 251 g/mol. The Labute approximate surface area is 104 Å². The molecule has 1 fully saturated rings. The van der Waals surface area contributed by atoms with Gasteiger partial charge < -0.3 is 10.1 Å². The van der Waals surface area contributed by atoms with Gasteiger partial charge >= 0.3 is 5.97 Å². The summed E-state index contributed by atoms with van der Waals surface area (Å²) in [6.45, 7) is -0.371. The molecule has 0 bridgehead atoms. The molecular weight excluding hydrogens is 237 g/mol. The fourth-order valence-corrected chi connectivity index (χ4v) is 1.65. The molecule has 1 aromatic carbocycles. The number of ether oxygens (including phenoxy) is 1. The second kappa shape index (κ2) is 5.62. The second-order valence-electron chi connectivity index (χ2n) is 4.26. The molecular formula is C13H14FNO3. The molecule has 0 heterocycles. The second-order valence-corrected chi connectivity index (χ2v) is 4.26. The van der Waals surface area contributed by atoms with Crippen LogP contribution in [0.5, 0.6) is 0 Å². The number of anilines is 1. The van der Waals surface area contributed by atoms with E-state index in [4.69, 9.17) is 4.74 Å². The van der Waals surface area contributed by atoms with Gasteiger partial charge in [-0.1, -0.05) is 18.6 Å². The van der Waals surface area contributed by atoms with E-state index in [9.17, 15) is 14.0 Å². The van der Waals surface area contributed by atoms with Gasteiger partial charge in [0.15, 0.2) is 6.61 Å². The van der Waals surface area contributed by atoms with Crippen molar-refractivity contribution >= 4 is 17.6 Å². The third-order valence-electron chi connectivity index (χ3n) is 2.93. The molecule has 0 spiro atoms. The summed E-state index contributed by atoms with van der Waals surface area (Å²) in [6.07, 6.45) is 2.68. The predicted molar refractivity (Wildman–Crippen MR) is 63.3 cm³/mol. The number of hydrogen-bond donors (Lipinski definition) is 1. The van der Waals surface area contributed by atoms with Crippen molar-refractivity contribution in [3.05, 3.63) is 30.1 Å². The van der Waals surface area contributed by atoms with Gasteiger partial charge in [-0.3, -0.25) is 9.59 Å². The quantitative estimate of drug-likeness (QED) is 0.834. The van der Waals surface area contributed by atoms with Gasteiger partial charge in [-0.05, 0) is 25.0 Å². The number of hydrogen-bond acceptors (Lipinski definition) is 3. The van der Waals surface area contributed by atoms with E-state index in [-0.39, 0.29) is 24.2 Å². The van der Waals surface area contributed by atoms with Crippen LogP contribution in [0.2, 0.25) is 0 Å². The maximum absolute atomic E-state index is 13.2. The van der Waals surface area contributed by atoms with Gasteiger partial charge in [-0.25, -0.2) is 4.39 Å². The highest BCUT2D eigenvalue weighted by Gasteiger charge is 2.27.